The molecule has 31 heavy (non-hydrogen) atoms. The maximum Gasteiger partial charge on any atom is 0.247 e. The maximum absolute atomic E-state index is 13.1. The van der Waals surface area contributed by atoms with Crippen LogP contribution in [0.5, 0.6) is 17.2 Å². The van der Waals surface area contributed by atoms with Crippen LogP contribution in [0.15, 0.2) is 78.9 Å². The molecule has 0 spiro atoms. The third-order valence-electron chi connectivity index (χ3n) is 5.30. The number of hydrogen-bond donors (Lipinski definition) is 0. The summed E-state index contributed by atoms with van der Waals surface area (Å²) in [5.41, 5.74) is 2.90. The SMILES string of the molecule is COc1ccc(/C=C/C(=O)N2Cc3ccccc3O[C@@H](c3ccccc3)C2)cc1OC. The molecule has 0 bridgehead atoms. The lowest BCUT2D eigenvalue weighted by Crippen LogP contribution is -2.32. The predicted molar refractivity (Wildman–Crippen MR) is 120 cm³/mol. The molecule has 3 aromatic rings. The van der Waals surface area contributed by atoms with Gasteiger partial charge < -0.3 is 19.1 Å². The molecule has 158 valence electrons. The molecule has 0 fully saturated rings. The van der Waals surface area contributed by atoms with Gasteiger partial charge in [-0.25, -0.2) is 0 Å². The van der Waals surface area contributed by atoms with Crippen molar-refractivity contribution in [3.8, 4) is 17.2 Å². The van der Waals surface area contributed by atoms with Gasteiger partial charge in [0.25, 0.3) is 0 Å². The fourth-order valence-corrected chi connectivity index (χ4v) is 3.65. The van der Waals surface area contributed by atoms with E-state index in [-0.39, 0.29) is 12.0 Å². The molecular weight excluding hydrogens is 390 g/mol. The molecule has 0 saturated carbocycles. The second kappa shape index (κ2) is 9.39. The van der Waals surface area contributed by atoms with Crippen LogP contribution < -0.4 is 14.2 Å². The van der Waals surface area contributed by atoms with Crippen LogP contribution in [0, 0.1) is 0 Å². The summed E-state index contributed by atoms with van der Waals surface area (Å²) in [6, 6.07) is 23.4. The van der Waals surface area contributed by atoms with Crippen molar-refractivity contribution in [2.75, 3.05) is 20.8 Å². The van der Waals surface area contributed by atoms with Gasteiger partial charge in [0.05, 0.1) is 20.8 Å². The minimum Gasteiger partial charge on any atom is -0.493 e. The van der Waals surface area contributed by atoms with E-state index in [0.29, 0.717) is 24.6 Å². The number of hydrogen-bond acceptors (Lipinski definition) is 4. The molecule has 1 aliphatic rings. The van der Waals surface area contributed by atoms with Crippen LogP contribution in [0.2, 0.25) is 0 Å². The highest BCUT2D eigenvalue weighted by Crippen LogP contribution is 2.31. The largest absolute Gasteiger partial charge is 0.493 e. The van der Waals surface area contributed by atoms with Crippen LogP contribution in [-0.4, -0.2) is 31.6 Å². The fourth-order valence-electron chi connectivity index (χ4n) is 3.65. The van der Waals surface area contributed by atoms with E-state index < -0.39 is 0 Å². The average Bonchev–Trinajstić information content (AvgIpc) is 3.03. The number of benzene rings is 3. The summed E-state index contributed by atoms with van der Waals surface area (Å²) in [6.07, 6.45) is 3.15. The first-order chi connectivity index (χ1) is 15.2. The van der Waals surface area contributed by atoms with Crippen LogP contribution in [0.1, 0.15) is 22.8 Å². The van der Waals surface area contributed by atoms with Crippen LogP contribution in [0.25, 0.3) is 6.08 Å². The third-order valence-corrected chi connectivity index (χ3v) is 5.30. The van der Waals surface area contributed by atoms with E-state index >= 15 is 0 Å². The molecule has 3 aromatic carbocycles. The number of carbonyl (C=O) groups excluding carboxylic acids is 1. The lowest BCUT2D eigenvalue weighted by Gasteiger charge is -2.23. The Hall–Kier alpha value is -3.73. The Morgan fingerprint density at radius 3 is 2.48 bits per heavy atom. The number of rotatable bonds is 5. The summed E-state index contributed by atoms with van der Waals surface area (Å²) in [5, 5.41) is 0. The van der Waals surface area contributed by atoms with Crippen LogP contribution in [0.4, 0.5) is 0 Å². The van der Waals surface area contributed by atoms with Gasteiger partial charge in [0.15, 0.2) is 11.5 Å². The normalized spacial score (nSPS) is 15.7. The number of ether oxygens (including phenoxy) is 3. The number of carbonyl (C=O) groups is 1. The molecule has 4 rings (SSSR count). The summed E-state index contributed by atoms with van der Waals surface area (Å²) in [6.45, 7) is 0.961. The molecule has 5 heteroatoms. The molecule has 0 radical (unpaired) electrons. The molecule has 1 amide bonds. The Bertz CT molecular complexity index is 1080. The number of methoxy groups -OCH3 is 2. The number of amides is 1. The number of fused-ring (bicyclic) bond motifs is 1. The van der Waals surface area contributed by atoms with E-state index in [0.717, 1.165) is 22.4 Å². The first-order valence-corrected chi connectivity index (χ1v) is 10.2. The van der Waals surface area contributed by atoms with Crippen molar-refractivity contribution in [2.24, 2.45) is 0 Å². The molecule has 0 aliphatic carbocycles. The van der Waals surface area contributed by atoms with Crippen LogP contribution in [0.3, 0.4) is 0 Å². The highest BCUT2D eigenvalue weighted by atomic mass is 16.5. The van der Waals surface area contributed by atoms with Gasteiger partial charge in [-0.2, -0.15) is 0 Å². The van der Waals surface area contributed by atoms with Crippen molar-refractivity contribution in [2.45, 2.75) is 12.6 Å². The van der Waals surface area contributed by atoms with E-state index in [1.54, 1.807) is 26.4 Å². The van der Waals surface area contributed by atoms with E-state index in [9.17, 15) is 4.79 Å². The fraction of sp³-hybridized carbons (Fsp3) is 0.192. The number of para-hydroxylation sites is 1. The standard InChI is InChI=1S/C26H25NO4/c1-29-23-14-12-19(16-24(23)30-2)13-15-26(28)27-17-21-10-6-7-11-22(21)31-25(18-27)20-8-4-3-5-9-20/h3-16,25H,17-18H2,1-2H3/b15-13+/t25-/m1/s1. The van der Waals surface area contributed by atoms with Gasteiger partial charge in [-0.3, -0.25) is 4.79 Å². The summed E-state index contributed by atoms with van der Waals surface area (Å²) >= 11 is 0. The van der Waals surface area contributed by atoms with E-state index in [4.69, 9.17) is 14.2 Å². The van der Waals surface area contributed by atoms with Crippen molar-refractivity contribution in [3.63, 3.8) is 0 Å². The lowest BCUT2D eigenvalue weighted by molar-refractivity contribution is -0.127. The zero-order chi connectivity index (χ0) is 21.6. The molecule has 0 aromatic heterocycles. The monoisotopic (exact) mass is 415 g/mol. The Balaban J connectivity index is 1.58. The smallest absolute Gasteiger partial charge is 0.247 e. The van der Waals surface area contributed by atoms with Gasteiger partial charge in [0, 0.05) is 18.2 Å². The van der Waals surface area contributed by atoms with Gasteiger partial charge in [-0.05, 0) is 35.4 Å². The average molecular weight is 415 g/mol. The maximum atomic E-state index is 13.1. The van der Waals surface area contributed by atoms with Gasteiger partial charge in [0.1, 0.15) is 11.9 Å². The molecule has 1 aliphatic heterocycles. The molecular formula is C26H25NO4. The van der Waals surface area contributed by atoms with Crippen LogP contribution >= 0.6 is 0 Å². The Morgan fingerprint density at radius 1 is 0.968 bits per heavy atom. The van der Waals surface area contributed by atoms with E-state index in [1.165, 1.54) is 0 Å². The summed E-state index contributed by atoms with van der Waals surface area (Å²) in [5.74, 6) is 2.02. The van der Waals surface area contributed by atoms with Crippen molar-refractivity contribution in [1.29, 1.82) is 0 Å². The molecule has 0 unspecified atom stereocenters. The third kappa shape index (κ3) is 4.72. The Labute approximate surface area is 182 Å². The van der Waals surface area contributed by atoms with Crippen molar-refractivity contribution < 1.29 is 19.0 Å². The lowest BCUT2D eigenvalue weighted by atomic mass is 10.1. The summed E-state index contributed by atoms with van der Waals surface area (Å²) in [7, 11) is 3.19. The second-order valence-corrected chi connectivity index (χ2v) is 7.29. The highest BCUT2D eigenvalue weighted by molar-refractivity contribution is 5.92. The minimum atomic E-state index is -0.233. The molecule has 1 heterocycles. The van der Waals surface area contributed by atoms with E-state index in [2.05, 4.69) is 0 Å². The first-order valence-electron chi connectivity index (χ1n) is 10.2. The molecule has 1 atom stereocenters. The topological polar surface area (TPSA) is 48.0 Å². The number of nitrogens with zero attached hydrogens (tertiary/aromatic N) is 1. The van der Waals surface area contributed by atoms with Gasteiger partial charge in [-0.1, -0.05) is 54.6 Å². The molecule has 0 saturated heterocycles. The zero-order valence-electron chi connectivity index (χ0n) is 17.7. The summed E-state index contributed by atoms with van der Waals surface area (Å²) < 4.78 is 16.9. The van der Waals surface area contributed by atoms with Crippen molar-refractivity contribution >= 4 is 12.0 Å². The van der Waals surface area contributed by atoms with Crippen molar-refractivity contribution in [3.05, 3.63) is 95.6 Å². The van der Waals surface area contributed by atoms with Gasteiger partial charge >= 0.3 is 0 Å². The molecule has 5 nitrogen and oxygen atoms in total. The summed E-state index contributed by atoms with van der Waals surface area (Å²) in [4.78, 5) is 14.9. The van der Waals surface area contributed by atoms with Gasteiger partial charge in [0.2, 0.25) is 5.91 Å². The zero-order valence-corrected chi connectivity index (χ0v) is 17.7. The highest BCUT2D eigenvalue weighted by Gasteiger charge is 2.26. The minimum absolute atomic E-state index is 0.0731. The predicted octanol–water partition coefficient (Wildman–Crippen LogP) is 4.88. The first kappa shape index (κ1) is 20.5. The Morgan fingerprint density at radius 2 is 1.71 bits per heavy atom. The quantitative estimate of drug-likeness (QED) is 0.558. The van der Waals surface area contributed by atoms with Gasteiger partial charge in [-0.15, -0.1) is 0 Å². The molecule has 0 N–H and O–H groups in total. The second-order valence-electron chi connectivity index (χ2n) is 7.29. The van der Waals surface area contributed by atoms with Crippen molar-refractivity contribution in [1.82, 2.24) is 4.90 Å². The van der Waals surface area contributed by atoms with Crippen LogP contribution in [-0.2, 0) is 11.3 Å². The Kier molecular flexibility index (Phi) is 6.22. The van der Waals surface area contributed by atoms with E-state index in [1.807, 2.05) is 77.7 Å².